The number of amides is 1. The van der Waals surface area contributed by atoms with Crippen molar-refractivity contribution < 1.29 is 14.3 Å². The molecule has 1 N–H and O–H groups in total. The fourth-order valence-corrected chi connectivity index (χ4v) is 2.32. The molecule has 5 heteroatoms. The predicted octanol–water partition coefficient (Wildman–Crippen LogP) is 3.91. The van der Waals surface area contributed by atoms with E-state index in [9.17, 15) is 4.79 Å². The summed E-state index contributed by atoms with van der Waals surface area (Å²) in [6, 6.07) is 15.2. The summed E-state index contributed by atoms with van der Waals surface area (Å²) >= 11 is 0. The van der Waals surface area contributed by atoms with Gasteiger partial charge in [-0.15, -0.1) is 0 Å². The monoisotopic (exact) mass is 354 g/mol. The van der Waals surface area contributed by atoms with E-state index in [-0.39, 0.29) is 11.3 Å². The Morgan fingerprint density at radius 3 is 2.38 bits per heavy atom. The van der Waals surface area contributed by atoms with Crippen LogP contribution in [0.3, 0.4) is 0 Å². The summed E-state index contributed by atoms with van der Waals surface area (Å²) < 4.78 is 10.9. The van der Waals surface area contributed by atoms with Gasteiger partial charge < -0.3 is 9.47 Å². The largest absolute Gasteiger partial charge is 0.496 e. The Morgan fingerprint density at radius 2 is 1.77 bits per heavy atom. The smallest absolute Gasteiger partial charge is 0.280 e. The van der Waals surface area contributed by atoms with Crippen molar-refractivity contribution in [2.24, 2.45) is 5.10 Å². The second-order valence-corrected chi connectivity index (χ2v) is 7.01. The summed E-state index contributed by atoms with van der Waals surface area (Å²) in [6.45, 7) is 8.14. The maximum Gasteiger partial charge on any atom is 0.280 e. The van der Waals surface area contributed by atoms with Crippen LogP contribution in [0.2, 0.25) is 0 Å². The number of nitrogens with zero attached hydrogens (tertiary/aromatic N) is 1. The SMILES string of the molecule is COc1ccccc1/C=N/NC(=O)C(C)Oc1ccc(C(C)(C)C)cc1. The first-order valence-corrected chi connectivity index (χ1v) is 8.54. The lowest BCUT2D eigenvalue weighted by Crippen LogP contribution is -2.33. The Morgan fingerprint density at radius 1 is 1.12 bits per heavy atom. The molecule has 138 valence electrons. The second-order valence-electron chi connectivity index (χ2n) is 7.01. The van der Waals surface area contributed by atoms with E-state index in [2.05, 4.69) is 31.3 Å². The molecule has 1 atom stereocenters. The zero-order valence-corrected chi connectivity index (χ0v) is 15.9. The van der Waals surface area contributed by atoms with Crippen LogP contribution in [0.25, 0.3) is 0 Å². The number of nitrogens with one attached hydrogen (secondary N) is 1. The zero-order valence-electron chi connectivity index (χ0n) is 15.9. The molecule has 5 nitrogen and oxygen atoms in total. The summed E-state index contributed by atoms with van der Waals surface area (Å²) in [5.74, 6) is 1.01. The number of hydrogen-bond acceptors (Lipinski definition) is 4. The molecule has 0 aromatic heterocycles. The maximum atomic E-state index is 12.1. The van der Waals surface area contributed by atoms with Crippen molar-refractivity contribution in [3.05, 3.63) is 59.7 Å². The highest BCUT2D eigenvalue weighted by Gasteiger charge is 2.16. The Labute approximate surface area is 155 Å². The molecule has 0 saturated heterocycles. The van der Waals surface area contributed by atoms with Crippen molar-refractivity contribution in [3.63, 3.8) is 0 Å². The van der Waals surface area contributed by atoms with E-state index in [1.54, 1.807) is 20.2 Å². The number of carbonyl (C=O) groups excluding carboxylic acids is 1. The topological polar surface area (TPSA) is 59.9 Å². The van der Waals surface area contributed by atoms with E-state index in [0.717, 1.165) is 5.56 Å². The molecule has 2 aromatic rings. The summed E-state index contributed by atoms with van der Waals surface area (Å²) in [4.78, 5) is 12.1. The van der Waals surface area contributed by atoms with Gasteiger partial charge in [-0.3, -0.25) is 4.79 Å². The Kier molecular flexibility index (Phi) is 6.39. The van der Waals surface area contributed by atoms with Gasteiger partial charge in [0.15, 0.2) is 6.10 Å². The molecular formula is C21H26N2O3. The lowest BCUT2D eigenvalue weighted by Gasteiger charge is -2.20. The number of methoxy groups -OCH3 is 1. The number of ether oxygens (including phenoxy) is 2. The highest BCUT2D eigenvalue weighted by atomic mass is 16.5. The van der Waals surface area contributed by atoms with Gasteiger partial charge >= 0.3 is 0 Å². The highest BCUT2D eigenvalue weighted by molar-refractivity contribution is 5.86. The van der Waals surface area contributed by atoms with Crippen LogP contribution >= 0.6 is 0 Å². The fourth-order valence-electron chi connectivity index (χ4n) is 2.32. The molecule has 1 unspecified atom stereocenters. The van der Waals surface area contributed by atoms with E-state index in [1.807, 2.05) is 48.5 Å². The number of hydrazone groups is 1. The van der Waals surface area contributed by atoms with Gasteiger partial charge in [-0.1, -0.05) is 45.0 Å². The van der Waals surface area contributed by atoms with E-state index >= 15 is 0 Å². The molecular weight excluding hydrogens is 328 g/mol. The first kappa shape index (κ1) is 19.5. The minimum atomic E-state index is -0.662. The van der Waals surface area contributed by atoms with Crippen molar-refractivity contribution in [1.29, 1.82) is 0 Å². The van der Waals surface area contributed by atoms with Crippen molar-refractivity contribution in [2.45, 2.75) is 39.2 Å². The predicted molar refractivity (Wildman–Crippen MR) is 104 cm³/mol. The van der Waals surface area contributed by atoms with Gasteiger partial charge in [0, 0.05) is 5.56 Å². The molecule has 0 spiro atoms. The zero-order chi connectivity index (χ0) is 19.2. The van der Waals surface area contributed by atoms with Crippen molar-refractivity contribution in [2.75, 3.05) is 7.11 Å². The molecule has 1 amide bonds. The summed E-state index contributed by atoms with van der Waals surface area (Å²) in [7, 11) is 1.59. The van der Waals surface area contributed by atoms with Gasteiger partial charge in [0.05, 0.1) is 13.3 Å². The number of benzene rings is 2. The van der Waals surface area contributed by atoms with Crippen LogP contribution in [0.5, 0.6) is 11.5 Å². The molecule has 0 fully saturated rings. The van der Waals surface area contributed by atoms with Gasteiger partial charge in [-0.25, -0.2) is 5.43 Å². The van der Waals surface area contributed by atoms with Crippen LogP contribution < -0.4 is 14.9 Å². The minimum absolute atomic E-state index is 0.0781. The van der Waals surface area contributed by atoms with Crippen molar-refractivity contribution in [3.8, 4) is 11.5 Å². The average molecular weight is 354 g/mol. The number of carbonyl (C=O) groups is 1. The third kappa shape index (κ3) is 5.34. The standard InChI is InChI=1S/C21H26N2O3/c1-15(26-18-12-10-17(11-13-18)21(2,3)4)20(24)23-22-14-16-8-6-7-9-19(16)25-5/h6-15H,1-5H3,(H,23,24)/b22-14+. The molecule has 0 aliphatic carbocycles. The normalized spacial score (nSPS) is 12.7. The minimum Gasteiger partial charge on any atom is -0.496 e. The quantitative estimate of drug-likeness (QED) is 0.632. The molecule has 0 aliphatic rings. The molecule has 0 aliphatic heterocycles. The van der Waals surface area contributed by atoms with E-state index in [4.69, 9.17) is 9.47 Å². The highest BCUT2D eigenvalue weighted by Crippen LogP contribution is 2.24. The van der Waals surface area contributed by atoms with E-state index in [1.165, 1.54) is 5.56 Å². The average Bonchev–Trinajstić information content (AvgIpc) is 2.61. The molecule has 0 radical (unpaired) electrons. The molecule has 2 rings (SSSR count). The van der Waals surface area contributed by atoms with E-state index in [0.29, 0.717) is 11.5 Å². The summed E-state index contributed by atoms with van der Waals surface area (Å²) in [5.41, 5.74) is 4.56. The second kappa shape index (κ2) is 8.52. The van der Waals surface area contributed by atoms with Gasteiger partial charge in [-0.05, 0) is 42.2 Å². The van der Waals surface area contributed by atoms with Crippen LogP contribution in [0, 0.1) is 0 Å². The maximum absolute atomic E-state index is 12.1. The fraction of sp³-hybridized carbons (Fsp3) is 0.333. The summed E-state index contributed by atoms with van der Waals surface area (Å²) in [6.07, 6.45) is 0.881. The summed E-state index contributed by atoms with van der Waals surface area (Å²) in [5, 5.41) is 3.97. The lowest BCUT2D eigenvalue weighted by molar-refractivity contribution is -0.127. The van der Waals surface area contributed by atoms with Crippen LogP contribution in [0.4, 0.5) is 0 Å². The first-order chi connectivity index (χ1) is 12.3. The van der Waals surface area contributed by atoms with Gasteiger partial charge in [0.25, 0.3) is 5.91 Å². The molecule has 26 heavy (non-hydrogen) atoms. The van der Waals surface area contributed by atoms with Crippen molar-refractivity contribution in [1.82, 2.24) is 5.43 Å². The number of hydrogen-bond donors (Lipinski definition) is 1. The third-order valence-electron chi connectivity index (χ3n) is 3.92. The Balaban J connectivity index is 1.92. The number of rotatable bonds is 6. The molecule has 0 bridgehead atoms. The van der Waals surface area contributed by atoms with Crippen molar-refractivity contribution >= 4 is 12.1 Å². The van der Waals surface area contributed by atoms with Crippen LogP contribution in [0.1, 0.15) is 38.8 Å². The third-order valence-corrected chi connectivity index (χ3v) is 3.92. The van der Waals surface area contributed by atoms with E-state index < -0.39 is 6.10 Å². The molecule has 0 heterocycles. The van der Waals surface area contributed by atoms with Crippen LogP contribution in [-0.4, -0.2) is 25.3 Å². The Hall–Kier alpha value is -2.82. The molecule has 2 aromatic carbocycles. The lowest BCUT2D eigenvalue weighted by atomic mass is 9.87. The van der Waals surface area contributed by atoms with Crippen LogP contribution in [-0.2, 0) is 10.2 Å². The number of para-hydroxylation sites is 1. The van der Waals surface area contributed by atoms with Gasteiger partial charge in [0.2, 0.25) is 0 Å². The van der Waals surface area contributed by atoms with Gasteiger partial charge in [0.1, 0.15) is 11.5 Å². The first-order valence-electron chi connectivity index (χ1n) is 8.54. The Bertz CT molecular complexity index is 762. The molecule has 0 saturated carbocycles. The van der Waals surface area contributed by atoms with Gasteiger partial charge in [-0.2, -0.15) is 5.10 Å². The van der Waals surface area contributed by atoms with Crippen LogP contribution in [0.15, 0.2) is 53.6 Å².